The van der Waals surface area contributed by atoms with Gasteiger partial charge in [-0.15, -0.1) is 10.2 Å². The van der Waals surface area contributed by atoms with E-state index in [-0.39, 0.29) is 29.8 Å². The van der Waals surface area contributed by atoms with Crippen molar-refractivity contribution >= 4 is 22.8 Å². The molecule has 3 aliphatic rings. The second-order valence-electron chi connectivity index (χ2n) is 11.4. The molecule has 3 saturated heterocycles. The molecule has 0 aliphatic carbocycles. The largest absolute Gasteiger partial charge is 0.381 e. The fraction of sp³-hybridized carbons (Fsp3) is 0.419. The van der Waals surface area contributed by atoms with Crippen molar-refractivity contribution in [2.24, 2.45) is 7.05 Å². The zero-order chi connectivity index (χ0) is 28.8. The van der Waals surface area contributed by atoms with E-state index in [1.165, 1.54) is 37.1 Å². The van der Waals surface area contributed by atoms with Gasteiger partial charge in [-0.25, -0.2) is 18.2 Å². The molecular formula is C31H34F2N8O. The van der Waals surface area contributed by atoms with Crippen molar-refractivity contribution in [2.75, 3.05) is 31.2 Å². The summed E-state index contributed by atoms with van der Waals surface area (Å²) in [5.74, 6) is 1.75. The molecule has 5 aromatic rings. The fourth-order valence-electron chi connectivity index (χ4n) is 6.71. The van der Waals surface area contributed by atoms with Gasteiger partial charge >= 0.3 is 0 Å². The average Bonchev–Trinajstić information content (AvgIpc) is 3.80. The van der Waals surface area contributed by atoms with Crippen molar-refractivity contribution in [1.82, 2.24) is 34.0 Å². The first kappa shape index (κ1) is 26.9. The number of hydrogen-bond donors (Lipinski definition) is 0. The lowest BCUT2D eigenvalue weighted by molar-refractivity contribution is 0.130. The molecule has 11 heteroatoms. The Labute approximate surface area is 242 Å². The maximum Gasteiger partial charge on any atom is 0.258 e. The van der Waals surface area contributed by atoms with Crippen LogP contribution in [0, 0.1) is 18.6 Å². The van der Waals surface area contributed by atoms with E-state index in [4.69, 9.17) is 14.7 Å². The molecule has 8 rings (SSSR count). The Balaban J connectivity index is 0.000000524. The highest BCUT2D eigenvalue weighted by Crippen LogP contribution is 2.42. The van der Waals surface area contributed by atoms with Crippen LogP contribution < -0.4 is 4.90 Å². The number of fused-ring (bicyclic) bond motifs is 5. The minimum Gasteiger partial charge on any atom is -0.381 e. The highest BCUT2D eigenvalue weighted by atomic mass is 19.1. The van der Waals surface area contributed by atoms with E-state index < -0.39 is 0 Å². The van der Waals surface area contributed by atoms with Crippen molar-refractivity contribution in [3.8, 4) is 0 Å². The predicted molar refractivity (Wildman–Crippen MR) is 155 cm³/mol. The summed E-state index contributed by atoms with van der Waals surface area (Å²) < 4.78 is 36.5. The van der Waals surface area contributed by atoms with Crippen LogP contribution in [-0.4, -0.2) is 72.4 Å². The van der Waals surface area contributed by atoms with Gasteiger partial charge in [-0.2, -0.15) is 4.98 Å². The second-order valence-corrected chi connectivity index (χ2v) is 11.4. The molecule has 0 amide bonds. The van der Waals surface area contributed by atoms with Gasteiger partial charge in [0.1, 0.15) is 29.3 Å². The van der Waals surface area contributed by atoms with E-state index in [9.17, 15) is 8.78 Å². The number of halogens is 2. The minimum atomic E-state index is -0.265. The normalized spacial score (nSPS) is 20.5. The minimum absolute atomic E-state index is 0.0927. The third-order valence-corrected chi connectivity index (χ3v) is 8.80. The van der Waals surface area contributed by atoms with E-state index in [1.54, 1.807) is 6.33 Å². The van der Waals surface area contributed by atoms with Gasteiger partial charge in [-0.05, 0) is 68.0 Å². The lowest BCUT2D eigenvalue weighted by Gasteiger charge is -2.45. The molecule has 0 N–H and O–H groups in total. The average molecular weight is 573 g/mol. The van der Waals surface area contributed by atoms with Gasteiger partial charge in [0.25, 0.3) is 5.78 Å². The fourth-order valence-corrected chi connectivity index (χ4v) is 6.71. The van der Waals surface area contributed by atoms with Crippen molar-refractivity contribution in [3.05, 3.63) is 83.4 Å². The summed E-state index contributed by atoms with van der Waals surface area (Å²) in [6.07, 6.45) is 6.31. The van der Waals surface area contributed by atoms with Crippen molar-refractivity contribution in [3.63, 3.8) is 0 Å². The number of aromatic nitrogens is 6. The number of nitrogens with zero attached hydrogens (tertiary/aromatic N) is 8. The number of aryl methyl sites for hydroxylation is 2. The van der Waals surface area contributed by atoms with Crippen LogP contribution in [0.15, 0.2) is 54.9 Å². The number of anilines is 1. The van der Waals surface area contributed by atoms with Crippen LogP contribution in [0.3, 0.4) is 0 Å². The Kier molecular flexibility index (Phi) is 7.07. The van der Waals surface area contributed by atoms with Gasteiger partial charge in [-0.3, -0.25) is 4.90 Å². The number of piperazine rings is 1. The highest BCUT2D eigenvalue weighted by molar-refractivity contribution is 5.86. The van der Waals surface area contributed by atoms with Crippen LogP contribution >= 0.6 is 0 Å². The zero-order valence-corrected chi connectivity index (χ0v) is 23.8. The molecule has 2 bridgehead atoms. The van der Waals surface area contributed by atoms with Crippen molar-refractivity contribution < 1.29 is 13.5 Å². The van der Waals surface area contributed by atoms with Gasteiger partial charge in [0, 0.05) is 45.4 Å². The van der Waals surface area contributed by atoms with Crippen LogP contribution in [0.5, 0.6) is 0 Å². The van der Waals surface area contributed by atoms with E-state index in [2.05, 4.69) is 20.0 Å². The molecule has 0 saturated carbocycles. The highest BCUT2D eigenvalue weighted by Gasteiger charge is 2.45. The molecule has 9 nitrogen and oxygen atoms in total. The standard InChI is InChI=1S/C27H26F2N8.C4H8O/c1-16-31-23-25(32-27-33-30-15-36(27)26(23)34(16)2)35-13-21-11-12-22(14-35)37(21)24(17-3-7-19(28)8-4-17)18-5-9-20(29)10-6-18;1-2-4-5-3-1/h3-10,15,21-22,24H,11-14H2,1-2H3;1-4H2. The molecule has 42 heavy (non-hydrogen) atoms. The predicted octanol–water partition coefficient (Wildman–Crippen LogP) is 4.84. The van der Waals surface area contributed by atoms with Crippen molar-refractivity contribution in [2.45, 2.75) is 50.7 Å². The van der Waals surface area contributed by atoms with E-state index in [0.717, 1.165) is 73.1 Å². The molecule has 2 unspecified atom stereocenters. The second kappa shape index (κ2) is 11.0. The van der Waals surface area contributed by atoms with E-state index in [1.807, 2.05) is 47.2 Å². The quantitative estimate of drug-likeness (QED) is 0.305. The Bertz CT molecular complexity index is 1630. The lowest BCUT2D eigenvalue weighted by Crippen LogP contribution is -2.55. The van der Waals surface area contributed by atoms with Crippen LogP contribution in [0.4, 0.5) is 14.6 Å². The number of imidazole rings is 1. The SMILES string of the molecule is C1CCOC1.Cc1nc2c(N3CC4CCC(C3)N4C(c3ccc(F)cc3)c3ccc(F)cc3)nc3nncn3c2n1C. The van der Waals surface area contributed by atoms with Crippen molar-refractivity contribution in [1.29, 1.82) is 0 Å². The first-order valence-electron chi connectivity index (χ1n) is 14.6. The zero-order valence-electron chi connectivity index (χ0n) is 23.8. The molecule has 2 atom stereocenters. The third kappa shape index (κ3) is 4.80. The molecule has 3 aliphatic heterocycles. The Morgan fingerprint density at radius 2 is 1.45 bits per heavy atom. The number of rotatable bonds is 4. The van der Waals surface area contributed by atoms with Gasteiger partial charge in [-0.1, -0.05) is 24.3 Å². The van der Waals surface area contributed by atoms with Gasteiger partial charge in [0.05, 0.1) is 6.04 Å². The number of ether oxygens (including phenoxy) is 1. The smallest absolute Gasteiger partial charge is 0.258 e. The molecule has 6 heterocycles. The first-order valence-corrected chi connectivity index (χ1v) is 14.6. The molecular weight excluding hydrogens is 538 g/mol. The summed E-state index contributed by atoms with van der Waals surface area (Å²) in [6, 6.07) is 13.8. The Morgan fingerprint density at radius 3 is 2.00 bits per heavy atom. The molecule has 0 spiro atoms. The molecule has 218 valence electrons. The summed E-state index contributed by atoms with van der Waals surface area (Å²) in [4.78, 5) is 14.6. The van der Waals surface area contributed by atoms with Gasteiger partial charge in [0.15, 0.2) is 11.5 Å². The molecule has 0 radical (unpaired) electrons. The Morgan fingerprint density at radius 1 is 0.857 bits per heavy atom. The van der Waals surface area contributed by atoms with Crippen LogP contribution in [0.25, 0.3) is 16.9 Å². The molecule has 3 aromatic heterocycles. The molecule has 3 fully saturated rings. The van der Waals surface area contributed by atoms with Crippen LogP contribution in [-0.2, 0) is 11.8 Å². The number of benzene rings is 2. The van der Waals surface area contributed by atoms with Gasteiger partial charge in [0.2, 0.25) is 0 Å². The van der Waals surface area contributed by atoms with Crippen LogP contribution in [0.2, 0.25) is 0 Å². The monoisotopic (exact) mass is 572 g/mol. The summed E-state index contributed by atoms with van der Waals surface area (Å²) in [6.45, 7) is 5.53. The van der Waals surface area contributed by atoms with E-state index in [0.29, 0.717) is 5.78 Å². The number of hydrogen-bond acceptors (Lipinski definition) is 7. The van der Waals surface area contributed by atoms with E-state index >= 15 is 0 Å². The lowest BCUT2D eigenvalue weighted by atomic mass is 9.94. The maximum atomic E-state index is 13.8. The van der Waals surface area contributed by atoms with Gasteiger partial charge < -0.3 is 14.2 Å². The maximum absolute atomic E-state index is 13.8. The third-order valence-electron chi connectivity index (χ3n) is 8.80. The molecule has 2 aromatic carbocycles. The first-order chi connectivity index (χ1) is 20.5. The summed E-state index contributed by atoms with van der Waals surface area (Å²) >= 11 is 0. The Hall–Kier alpha value is -3.96. The summed E-state index contributed by atoms with van der Waals surface area (Å²) in [5, 5.41) is 8.30. The van der Waals surface area contributed by atoms with Crippen LogP contribution in [0.1, 0.15) is 48.7 Å². The summed E-state index contributed by atoms with van der Waals surface area (Å²) in [7, 11) is 1.99. The topological polar surface area (TPSA) is 76.6 Å². The summed E-state index contributed by atoms with van der Waals surface area (Å²) in [5.41, 5.74) is 3.77.